The molecule has 0 saturated carbocycles. The minimum absolute atomic E-state index is 0.113. The molecule has 0 aliphatic heterocycles. The summed E-state index contributed by atoms with van der Waals surface area (Å²) in [4.78, 5) is 0.113. The molecule has 1 aromatic carbocycles. The number of halogens is 1. The summed E-state index contributed by atoms with van der Waals surface area (Å²) in [6.45, 7) is 4.57. The molecule has 0 heterocycles. The third-order valence-corrected chi connectivity index (χ3v) is 7.57. The Hall–Kier alpha value is -0.440. The average Bonchev–Trinajstić information content (AvgIpc) is 2.29. The van der Waals surface area contributed by atoms with E-state index in [2.05, 4.69) is 20.7 Å². The van der Waals surface area contributed by atoms with Gasteiger partial charge in [0.1, 0.15) is 0 Å². The number of hydrogen-bond donors (Lipinski definition) is 1. The second kappa shape index (κ2) is 5.75. The first kappa shape index (κ1) is 17.6. The molecule has 0 aliphatic carbocycles. The van der Waals surface area contributed by atoms with Crippen molar-refractivity contribution in [1.82, 2.24) is 4.72 Å². The van der Waals surface area contributed by atoms with Gasteiger partial charge in [-0.25, -0.2) is 21.6 Å². The zero-order chi connectivity index (χ0) is 15.8. The van der Waals surface area contributed by atoms with Gasteiger partial charge in [0.05, 0.1) is 9.64 Å². The Morgan fingerprint density at radius 3 is 2.20 bits per heavy atom. The van der Waals surface area contributed by atoms with Crippen LogP contribution in [0.2, 0.25) is 0 Å². The van der Waals surface area contributed by atoms with Crippen LogP contribution in [0.4, 0.5) is 0 Å². The Kier molecular flexibility index (Phi) is 5.06. The first-order valence-electron chi connectivity index (χ1n) is 5.82. The van der Waals surface area contributed by atoms with Crippen LogP contribution in [0.1, 0.15) is 19.4 Å². The molecule has 0 radical (unpaired) electrons. The Balaban J connectivity index is 3.00. The fourth-order valence-electron chi connectivity index (χ4n) is 1.27. The molecule has 1 aromatic rings. The van der Waals surface area contributed by atoms with Crippen LogP contribution in [-0.2, 0) is 19.9 Å². The summed E-state index contributed by atoms with van der Waals surface area (Å²) in [5, 5.41) is 0. The zero-order valence-corrected chi connectivity index (χ0v) is 15.0. The summed E-state index contributed by atoms with van der Waals surface area (Å²) in [6, 6.07) is 4.64. The predicted octanol–water partition coefficient (Wildman–Crippen LogP) is 1.86. The van der Waals surface area contributed by atoms with E-state index in [4.69, 9.17) is 0 Å². The number of nitrogens with one attached hydrogen (secondary N) is 1. The van der Waals surface area contributed by atoms with Crippen molar-refractivity contribution in [3.63, 3.8) is 0 Å². The Bertz CT molecular complexity index is 709. The summed E-state index contributed by atoms with van der Waals surface area (Å²) >= 11 is 3.30. The molecule has 5 nitrogen and oxygen atoms in total. The molecule has 20 heavy (non-hydrogen) atoms. The van der Waals surface area contributed by atoms with Gasteiger partial charge in [0.25, 0.3) is 0 Å². The van der Waals surface area contributed by atoms with Gasteiger partial charge in [0, 0.05) is 17.3 Å². The predicted molar refractivity (Wildman–Crippen MR) is 83.0 cm³/mol. The maximum absolute atomic E-state index is 12.1. The van der Waals surface area contributed by atoms with Crippen LogP contribution in [0.3, 0.4) is 0 Å². The first-order valence-corrected chi connectivity index (χ1v) is 9.99. The maximum atomic E-state index is 12.1. The summed E-state index contributed by atoms with van der Waals surface area (Å²) in [5.41, 5.74) is 0.787. The smallest absolute Gasteiger partial charge is 0.229 e. The lowest BCUT2D eigenvalue weighted by atomic mass is 10.2. The fraction of sp³-hybridized carbons (Fsp3) is 0.500. The van der Waals surface area contributed by atoms with E-state index in [9.17, 15) is 16.8 Å². The second-order valence-corrected chi connectivity index (χ2v) is 10.5. The standard InChI is InChI=1S/C12H18BrNO4S2/c1-9-7-10(5-6-11(9)13)20(17,18)14-8-12(2,3)19(4,15)16/h5-7,14H,8H2,1-4H3. The third-order valence-electron chi connectivity index (χ3n) is 3.13. The van der Waals surface area contributed by atoms with Crippen LogP contribution in [-0.4, -0.2) is 34.4 Å². The Morgan fingerprint density at radius 2 is 1.75 bits per heavy atom. The normalized spacial score (nSPS) is 13.4. The van der Waals surface area contributed by atoms with Gasteiger partial charge in [-0.15, -0.1) is 0 Å². The number of sulfone groups is 1. The van der Waals surface area contributed by atoms with E-state index in [1.165, 1.54) is 26.0 Å². The fourth-order valence-corrected chi connectivity index (χ4v) is 3.24. The van der Waals surface area contributed by atoms with E-state index in [1.54, 1.807) is 13.0 Å². The van der Waals surface area contributed by atoms with Gasteiger partial charge in [-0.2, -0.15) is 0 Å². The van der Waals surface area contributed by atoms with E-state index in [0.717, 1.165) is 16.3 Å². The summed E-state index contributed by atoms with van der Waals surface area (Å²) in [7, 11) is -7.08. The summed E-state index contributed by atoms with van der Waals surface area (Å²) in [5.74, 6) is 0. The average molecular weight is 384 g/mol. The van der Waals surface area contributed by atoms with Crippen LogP contribution in [0.15, 0.2) is 27.6 Å². The van der Waals surface area contributed by atoms with E-state index in [-0.39, 0.29) is 11.4 Å². The van der Waals surface area contributed by atoms with Gasteiger partial charge >= 0.3 is 0 Å². The van der Waals surface area contributed by atoms with Gasteiger partial charge in [-0.3, -0.25) is 0 Å². The number of rotatable bonds is 5. The van der Waals surface area contributed by atoms with Gasteiger partial charge < -0.3 is 0 Å². The van der Waals surface area contributed by atoms with Crippen molar-refractivity contribution in [1.29, 1.82) is 0 Å². The van der Waals surface area contributed by atoms with Crippen molar-refractivity contribution in [2.24, 2.45) is 0 Å². The molecule has 0 aliphatic rings. The van der Waals surface area contributed by atoms with Crippen LogP contribution >= 0.6 is 15.9 Å². The highest BCUT2D eigenvalue weighted by atomic mass is 79.9. The molecular weight excluding hydrogens is 366 g/mol. The van der Waals surface area contributed by atoms with Gasteiger partial charge in [0.15, 0.2) is 9.84 Å². The SMILES string of the molecule is Cc1cc(S(=O)(=O)NCC(C)(C)S(C)(=O)=O)ccc1Br. The van der Waals surface area contributed by atoms with E-state index in [1.807, 2.05) is 0 Å². The maximum Gasteiger partial charge on any atom is 0.240 e. The highest BCUT2D eigenvalue weighted by Crippen LogP contribution is 2.21. The van der Waals surface area contributed by atoms with E-state index < -0.39 is 24.6 Å². The van der Waals surface area contributed by atoms with E-state index in [0.29, 0.717) is 0 Å². The molecule has 0 aromatic heterocycles. The third kappa shape index (κ3) is 4.03. The van der Waals surface area contributed by atoms with Crippen molar-refractivity contribution < 1.29 is 16.8 Å². The Labute approximate surface area is 128 Å². The van der Waals surface area contributed by atoms with Gasteiger partial charge in [-0.1, -0.05) is 15.9 Å². The highest BCUT2D eigenvalue weighted by Gasteiger charge is 2.31. The molecule has 0 saturated heterocycles. The van der Waals surface area contributed by atoms with Crippen LogP contribution in [0, 0.1) is 6.92 Å². The number of sulfonamides is 1. The quantitative estimate of drug-likeness (QED) is 0.841. The highest BCUT2D eigenvalue weighted by molar-refractivity contribution is 9.10. The molecule has 8 heteroatoms. The monoisotopic (exact) mass is 383 g/mol. The molecule has 114 valence electrons. The zero-order valence-electron chi connectivity index (χ0n) is 11.8. The second-order valence-electron chi connectivity index (χ2n) is 5.27. The molecule has 0 unspecified atom stereocenters. The number of hydrogen-bond acceptors (Lipinski definition) is 4. The van der Waals surface area contributed by atoms with E-state index >= 15 is 0 Å². The van der Waals surface area contributed by atoms with Gasteiger partial charge in [0.2, 0.25) is 10.0 Å². The molecule has 0 spiro atoms. The molecule has 0 amide bonds. The van der Waals surface area contributed by atoms with Crippen molar-refractivity contribution in [3.8, 4) is 0 Å². The van der Waals surface area contributed by atoms with Crippen LogP contribution in [0.25, 0.3) is 0 Å². The van der Waals surface area contributed by atoms with Crippen molar-refractivity contribution >= 4 is 35.8 Å². The Morgan fingerprint density at radius 1 is 1.20 bits per heavy atom. The van der Waals surface area contributed by atoms with Crippen LogP contribution < -0.4 is 4.72 Å². The van der Waals surface area contributed by atoms with Crippen molar-refractivity contribution in [3.05, 3.63) is 28.2 Å². The van der Waals surface area contributed by atoms with Crippen molar-refractivity contribution in [2.75, 3.05) is 12.8 Å². The molecule has 1 rings (SSSR count). The van der Waals surface area contributed by atoms with Crippen molar-refractivity contribution in [2.45, 2.75) is 30.4 Å². The molecular formula is C12H18BrNO4S2. The lowest BCUT2D eigenvalue weighted by Crippen LogP contribution is -2.43. The van der Waals surface area contributed by atoms with Gasteiger partial charge in [-0.05, 0) is 44.5 Å². The summed E-state index contributed by atoms with van der Waals surface area (Å²) in [6.07, 6.45) is 1.09. The van der Waals surface area contributed by atoms with Crippen LogP contribution in [0.5, 0.6) is 0 Å². The molecule has 0 bridgehead atoms. The first-order chi connectivity index (χ1) is 8.87. The minimum Gasteiger partial charge on any atom is -0.229 e. The lowest BCUT2D eigenvalue weighted by Gasteiger charge is -2.22. The lowest BCUT2D eigenvalue weighted by molar-refractivity contribution is 0.537. The summed E-state index contributed by atoms with van der Waals surface area (Å²) < 4.78 is 49.4. The topological polar surface area (TPSA) is 80.3 Å². The largest absolute Gasteiger partial charge is 0.240 e. The molecule has 0 atom stereocenters. The minimum atomic E-state index is -3.73. The number of benzene rings is 1. The molecule has 0 fully saturated rings. The molecule has 1 N–H and O–H groups in total. The number of aryl methyl sites for hydroxylation is 1.